The van der Waals surface area contributed by atoms with E-state index in [1.807, 2.05) is 0 Å². The van der Waals surface area contributed by atoms with E-state index in [1.165, 1.54) is 18.2 Å². The second-order valence-corrected chi connectivity index (χ2v) is 4.33. The van der Waals surface area contributed by atoms with E-state index in [-0.39, 0.29) is 11.3 Å². The van der Waals surface area contributed by atoms with Gasteiger partial charge in [-0.2, -0.15) is 0 Å². The lowest BCUT2D eigenvalue weighted by Gasteiger charge is -2.17. The van der Waals surface area contributed by atoms with E-state index in [9.17, 15) is 13.2 Å². The summed E-state index contributed by atoms with van der Waals surface area (Å²) in [5.41, 5.74) is 11.4. The number of halogens is 4. The van der Waals surface area contributed by atoms with Crippen molar-refractivity contribution in [3.8, 4) is 5.75 Å². The van der Waals surface area contributed by atoms with E-state index < -0.39 is 12.4 Å². The van der Waals surface area contributed by atoms with Crippen LogP contribution < -0.4 is 16.2 Å². The van der Waals surface area contributed by atoms with E-state index in [2.05, 4.69) is 20.7 Å². The molecule has 0 aliphatic heterocycles. The van der Waals surface area contributed by atoms with Gasteiger partial charge in [0.05, 0.1) is 0 Å². The molecular formula is C10H12BrF3N2O. The van der Waals surface area contributed by atoms with Gasteiger partial charge in [0.25, 0.3) is 0 Å². The number of rotatable bonds is 4. The summed E-state index contributed by atoms with van der Waals surface area (Å²) in [6.45, 7) is 0.291. The van der Waals surface area contributed by atoms with Crippen LogP contribution in [0.25, 0.3) is 0 Å². The second-order valence-electron chi connectivity index (χ2n) is 3.41. The first kappa shape index (κ1) is 14.3. The maximum Gasteiger partial charge on any atom is 0.573 e. The van der Waals surface area contributed by atoms with Crippen LogP contribution in [0.5, 0.6) is 5.75 Å². The van der Waals surface area contributed by atoms with E-state index in [1.54, 1.807) is 0 Å². The molecule has 1 aromatic rings. The Labute approximate surface area is 105 Å². The van der Waals surface area contributed by atoms with Crippen molar-refractivity contribution in [2.45, 2.75) is 18.8 Å². The van der Waals surface area contributed by atoms with Gasteiger partial charge in [0.1, 0.15) is 5.75 Å². The molecule has 0 radical (unpaired) electrons. The van der Waals surface area contributed by atoms with Crippen LogP contribution in [0.4, 0.5) is 13.2 Å². The number of nitrogens with two attached hydrogens (primary N) is 2. The molecule has 0 saturated heterocycles. The van der Waals surface area contributed by atoms with Gasteiger partial charge < -0.3 is 16.2 Å². The zero-order chi connectivity index (χ0) is 13.1. The fourth-order valence-electron chi connectivity index (χ4n) is 1.36. The highest BCUT2D eigenvalue weighted by atomic mass is 79.9. The highest BCUT2D eigenvalue weighted by Crippen LogP contribution is 2.32. The standard InChI is InChI=1S/C10H12BrF3N2O/c11-6-1-2-9(17-10(12,13)14)7(5-6)8(16)3-4-15/h1-2,5,8H,3-4,15-16H2/t8-/m0/s1. The summed E-state index contributed by atoms with van der Waals surface area (Å²) in [6, 6.07) is 3.60. The molecule has 0 aliphatic rings. The van der Waals surface area contributed by atoms with Crippen LogP contribution in [-0.4, -0.2) is 12.9 Å². The Morgan fingerprint density at radius 1 is 1.35 bits per heavy atom. The molecule has 1 aromatic carbocycles. The first-order valence-electron chi connectivity index (χ1n) is 4.84. The monoisotopic (exact) mass is 312 g/mol. The summed E-state index contributed by atoms with van der Waals surface area (Å²) in [5, 5.41) is 0. The van der Waals surface area contributed by atoms with Crippen LogP contribution in [-0.2, 0) is 0 Å². The first-order valence-corrected chi connectivity index (χ1v) is 5.63. The Balaban J connectivity index is 3.03. The van der Waals surface area contributed by atoms with Gasteiger partial charge in [-0.25, -0.2) is 0 Å². The maximum atomic E-state index is 12.2. The first-order chi connectivity index (χ1) is 7.83. The number of hydrogen-bond acceptors (Lipinski definition) is 3. The number of alkyl halides is 3. The van der Waals surface area contributed by atoms with Crippen molar-refractivity contribution < 1.29 is 17.9 Å². The molecule has 0 heterocycles. The van der Waals surface area contributed by atoms with Crippen LogP contribution in [0.15, 0.2) is 22.7 Å². The van der Waals surface area contributed by atoms with Gasteiger partial charge >= 0.3 is 6.36 Å². The molecule has 0 aromatic heterocycles. The molecule has 96 valence electrons. The second kappa shape index (κ2) is 5.70. The molecular weight excluding hydrogens is 301 g/mol. The Morgan fingerprint density at radius 2 is 2.00 bits per heavy atom. The molecule has 17 heavy (non-hydrogen) atoms. The normalized spacial score (nSPS) is 13.5. The molecule has 0 saturated carbocycles. The molecule has 0 amide bonds. The summed E-state index contributed by atoms with van der Waals surface area (Å²) in [7, 11) is 0. The smallest absolute Gasteiger partial charge is 0.405 e. The lowest BCUT2D eigenvalue weighted by molar-refractivity contribution is -0.275. The lowest BCUT2D eigenvalue weighted by atomic mass is 10.0. The van der Waals surface area contributed by atoms with E-state index in [0.29, 0.717) is 17.4 Å². The average Bonchev–Trinajstić information content (AvgIpc) is 2.19. The Hall–Kier alpha value is -0.790. The zero-order valence-electron chi connectivity index (χ0n) is 8.80. The minimum atomic E-state index is -4.73. The van der Waals surface area contributed by atoms with Gasteiger partial charge in [-0.15, -0.1) is 13.2 Å². The minimum Gasteiger partial charge on any atom is -0.405 e. The summed E-state index contributed by atoms with van der Waals surface area (Å²) in [6.07, 6.45) is -4.35. The molecule has 3 nitrogen and oxygen atoms in total. The average molecular weight is 313 g/mol. The van der Waals surface area contributed by atoms with Crippen molar-refractivity contribution in [3.63, 3.8) is 0 Å². The molecule has 1 rings (SSSR count). The lowest BCUT2D eigenvalue weighted by Crippen LogP contribution is -2.21. The Morgan fingerprint density at radius 3 is 2.53 bits per heavy atom. The molecule has 0 aliphatic carbocycles. The third-order valence-corrected chi connectivity index (χ3v) is 2.57. The molecule has 1 atom stereocenters. The Bertz CT molecular complexity index is 384. The summed E-state index contributed by atoms with van der Waals surface area (Å²) in [4.78, 5) is 0. The van der Waals surface area contributed by atoms with Crippen LogP contribution in [0.1, 0.15) is 18.0 Å². The predicted octanol–water partition coefficient (Wildman–Crippen LogP) is 2.70. The third-order valence-electron chi connectivity index (χ3n) is 2.07. The summed E-state index contributed by atoms with van der Waals surface area (Å²) >= 11 is 3.17. The molecule has 7 heteroatoms. The SMILES string of the molecule is NCC[C@H](N)c1cc(Br)ccc1OC(F)(F)F. The number of hydrogen-bond donors (Lipinski definition) is 2. The van der Waals surface area contributed by atoms with E-state index in [4.69, 9.17) is 11.5 Å². The van der Waals surface area contributed by atoms with Crippen molar-refractivity contribution in [1.29, 1.82) is 0 Å². The van der Waals surface area contributed by atoms with Gasteiger partial charge in [0.15, 0.2) is 0 Å². The topological polar surface area (TPSA) is 61.3 Å². The molecule has 0 bridgehead atoms. The fraction of sp³-hybridized carbons (Fsp3) is 0.400. The van der Waals surface area contributed by atoms with Gasteiger partial charge in [-0.1, -0.05) is 15.9 Å². The molecule has 0 fully saturated rings. The zero-order valence-corrected chi connectivity index (χ0v) is 10.4. The van der Waals surface area contributed by atoms with Crippen molar-refractivity contribution in [2.24, 2.45) is 11.5 Å². The van der Waals surface area contributed by atoms with Crippen LogP contribution in [0.3, 0.4) is 0 Å². The maximum absolute atomic E-state index is 12.2. The highest BCUT2D eigenvalue weighted by molar-refractivity contribution is 9.10. The van der Waals surface area contributed by atoms with Gasteiger partial charge in [0, 0.05) is 16.1 Å². The summed E-state index contributed by atoms with van der Waals surface area (Å²) in [5.74, 6) is -0.290. The molecule has 0 unspecified atom stereocenters. The van der Waals surface area contributed by atoms with Crippen molar-refractivity contribution in [3.05, 3.63) is 28.2 Å². The summed E-state index contributed by atoms with van der Waals surface area (Å²) < 4.78 is 41.1. The van der Waals surface area contributed by atoms with Gasteiger partial charge in [0.2, 0.25) is 0 Å². The fourth-order valence-corrected chi connectivity index (χ4v) is 1.74. The van der Waals surface area contributed by atoms with E-state index >= 15 is 0 Å². The largest absolute Gasteiger partial charge is 0.573 e. The molecule has 4 N–H and O–H groups in total. The van der Waals surface area contributed by atoms with Crippen molar-refractivity contribution in [1.82, 2.24) is 0 Å². The number of benzene rings is 1. The quantitative estimate of drug-likeness (QED) is 0.898. The highest BCUT2D eigenvalue weighted by Gasteiger charge is 2.32. The third kappa shape index (κ3) is 4.53. The minimum absolute atomic E-state index is 0.280. The molecule has 0 spiro atoms. The predicted molar refractivity (Wildman–Crippen MR) is 61.4 cm³/mol. The number of ether oxygens (including phenoxy) is 1. The van der Waals surface area contributed by atoms with Crippen LogP contribution >= 0.6 is 15.9 Å². The van der Waals surface area contributed by atoms with Crippen molar-refractivity contribution >= 4 is 15.9 Å². The van der Waals surface area contributed by atoms with Crippen molar-refractivity contribution in [2.75, 3.05) is 6.54 Å². The van der Waals surface area contributed by atoms with E-state index in [0.717, 1.165) is 0 Å². The van der Waals surface area contributed by atoms with Crippen LogP contribution in [0, 0.1) is 0 Å². The van der Waals surface area contributed by atoms with Gasteiger partial charge in [-0.05, 0) is 31.2 Å². The Kier molecular flexibility index (Phi) is 4.79. The van der Waals surface area contributed by atoms with Gasteiger partial charge in [-0.3, -0.25) is 0 Å². The van der Waals surface area contributed by atoms with Crippen LogP contribution in [0.2, 0.25) is 0 Å².